The molecule has 2 N–H and O–H groups in total. The number of primary amides is 1. The van der Waals surface area contributed by atoms with Crippen molar-refractivity contribution in [2.75, 3.05) is 0 Å². The number of nitrogens with two attached hydrogens (primary N) is 1. The minimum atomic E-state index is -1.92. The zero-order chi connectivity index (χ0) is 7.61. The van der Waals surface area contributed by atoms with Crippen LogP contribution in [0.5, 0.6) is 0 Å². The van der Waals surface area contributed by atoms with Gasteiger partial charge in [-0.15, -0.1) is 6.42 Å². The standard InChI is InChI=1S/C6H6N2OS/c1-2-10(6(7)9)4-3-8-5-10/h1,3-5H,(H2,7,9). The van der Waals surface area contributed by atoms with E-state index in [1.807, 2.05) is 0 Å². The summed E-state index contributed by atoms with van der Waals surface area (Å²) in [4.78, 5) is 14.4. The molecule has 0 radical (unpaired) electrons. The van der Waals surface area contributed by atoms with Crippen LogP contribution in [-0.4, -0.2) is 10.8 Å². The summed E-state index contributed by atoms with van der Waals surface area (Å²) < 4.78 is 0. The van der Waals surface area contributed by atoms with Crippen molar-refractivity contribution in [3.05, 3.63) is 11.6 Å². The van der Waals surface area contributed by atoms with Crippen LogP contribution in [0.1, 0.15) is 0 Å². The third-order valence-corrected chi connectivity index (χ3v) is 3.18. The molecule has 0 saturated carbocycles. The second-order valence-corrected chi connectivity index (χ2v) is 4.23. The molecule has 0 saturated heterocycles. The molecule has 10 heavy (non-hydrogen) atoms. The van der Waals surface area contributed by atoms with Crippen molar-refractivity contribution >= 4 is 20.8 Å². The first-order valence-corrected chi connectivity index (χ1v) is 4.27. The van der Waals surface area contributed by atoms with E-state index in [-0.39, 0.29) is 0 Å². The maximum atomic E-state index is 10.7. The zero-order valence-electron chi connectivity index (χ0n) is 5.15. The highest BCUT2D eigenvalue weighted by atomic mass is 32.3. The maximum Gasteiger partial charge on any atom is 0.278 e. The summed E-state index contributed by atoms with van der Waals surface area (Å²) in [6, 6.07) is 0. The largest absolute Gasteiger partial charge is 0.360 e. The molecular weight excluding hydrogens is 148 g/mol. The van der Waals surface area contributed by atoms with Gasteiger partial charge in [0, 0.05) is 6.20 Å². The Balaban J connectivity index is 3.05. The molecule has 3 nitrogen and oxygen atoms in total. The lowest BCUT2D eigenvalue weighted by Gasteiger charge is -2.16. The quantitative estimate of drug-likeness (QED) is 0.519. The number of terminal acetylenes is 1. The van der Waals surface area contributed by atoms with E-state index in [1.165, 1.54) is 11.7 Å². The van der Waals surface area contributed by atoms with Gasteiger partial charge in [0.1, 0.15) is 0 Å². The molecule has 1 atom stereocenters. The van der Waals surface area contributed by atoms with Gasteiger partial charge in [-0.2, -0.15) is 0 Å². The predicted molar refractivity (Wildman–Crippen MR) is 43.6 cm³/mol. The van der Waals surface area contributed by atoms with E-state index in [1.54, 1.807) is 5.41 Å². The topological polar surface area (TPSA) is 55.5 Å². The lowest BCUT2D eigenvalue weighted by atomic mass is 11.1. The van der Waals surface area contributed by atoms with Crippen molar-refractivity contribution in [2.45, 2.75) is 0 Å². The molecule has 1 heterocycles. The van der Waals surface area contributed by atoms with Gasteiger partial charge < -0.3 is 5.73 Å². The molecule has 1 amide bonds. The molecule has 1 aliphatic rings. The maximum absolute atomic E-state index is 10.7. The number of hydrogen-bond acceptors (Lipinski definition) is 2. The van der Waals surface area contributed by atoms with Gasteiger partial charge in [-0.25, -0.2) is 0 Å². The van der Waals surface area contributed by atoms with Crippen molar-refractivity contribution < 1.29 is 4.79 Å². The zero-order valence-corrected chi connectivity index (χ0v) is 5.97. The van der Waals surface area contributed by atoms with E-state index >= 15 is 0 Å². The van der Waals surface area contributed by atoms with Crippen molar-refractivity contribution in [2.24, 2.45) is 10.7 Å². The van der Waals surface area contributed by atoms with Crippen LogP contribution in [0.25, 0.3) is 0 Å². The number of carbonyl (C=O) groups is 1. The van der Waals surface area contributed by atoms with E-state index in [0.717, 1.165) is 0 Å². The first kappa shape index (κ1) is 6.90. The third kappa shape index (κ3) is 0.807. The van der Waals surface area contributed by atoms with E-state index in [2.05, 4.69) is 10.2 Å². The average Bonchev–Trinajstić information content (AvgIpc) is 2.35. The number of amides is 1. The van der Waals surface area contributed by atoms with Crippen LogP contribution in [0.4, 0.5) is 4.79 Å². The summed E-state index contributed by atoms with van der Waals surface area (Å²) in [5, 5.41) is 3.45. The van der Waals surface area contributed by atoms with Crippen molar-refractivity contribution in [1.29, 1.82) is 0 Å². The average molecular weight is 154 g/mol. The van der Waals surface area contributed by atoms with Gasteiger partial charge in [0.15, 0.2) is 0 Å². The smallest absolute Gasteiger partial charge is 0.278 e. The lowest BCUT2D eigenvalue weighted by molar-refractivity contribution is 0.267. The number of nitrogens with zero attached hydrogens (tertiary/aromatic N) is 1. The number of aliphatic imine (C=N–C) groups is 1. The molecule has 0 bridgehead atoms. The number of carbonyl (C=O) groups excluding carboxylic acids is 1. The van der Waals surface area contributed by atoms with Crippen molar-refractivity contribution in [3.63, 3.8) is 0 Å². The molecule has 1 unspecified atom stereocenters. The van der Waals surface area contributed by atoms with Crippen molar-refractivity contribution in [3.8, 4) is 11.7 Å². The highest BCUT2D eigenvalue weighted by Gasteiger charge is 2.25. The van der Waals surface area contributed by atoms with Crippen LogP contribution >= 0.6 is 10.0 Å². The van der Waals surface area contributed by atoms with Crippen LogP contribution in [0.3, 0.4) is 0 Å². The van der Waals surface area contributed by atoms with Gasteiger partial charge >= 0.3 is 0 Å². The van der Waals surface area contributed by atoms with Crippen LogP contribution in [0.2, 0.25) is 0 Å². The van der Waals surface area contributed by atoms with Crippen LogP contribution < -0.4 is 5.73 Å². The monoisotopic (exact) mass is 154 g/mol. The van der Waals surface area contributed by atoms with E-state index < -0.39 is 15.3 Å². The Morgan fingerprint density at radius 3 is 2.70 bits per heavy atom. The first-order valence-electron chi connectivity index (χ1n) is 2.51. The summed E-state index contributed by atoms with van der Waals surface area (Å²) in [6.07, 6.45) is 6.61. The molecule has 0 aliphatic carbocycles. The van der Waals surface area contributed by atoms with Crippen LogP contribution in [0.15, 0.2) is 16.6 Å². The van der Waals surface area contributed by atoms with Gasteiger partial charge in [-0.05, 0) is 20.7 Å². The predicted octanol–water partition coefficient (Wildman–Crippen LogP) is 0.974. The summed E-state index contributed by atoms with van der Waals surface area (Å²) in [7, 11) is -1.92. The molecule has 0 aromatic heterocycles. The normalized spacial score (nSPS) is 34.7. The third-order valence-electron chi connectivity index (χ3n) is 1.12. The summed E-state index contributed by atoms with van der Waals surface area (Å²) in [5.74, 6) is 0. The van der Waals surface area contributed by atoms with Crippen molar-refractivity contribution in [1.82, 2.24) is 0 Å². The van der Waals surface area contributed by atoms with E-state index in [0.29, 0.717) is 0 Å². The van der Waals surface area contributed by atoms with E-state index in [9.17, 15) is 4.79 Å². The van der Waals surface area contributed by atoms with Gasteiger partial charge in [-0.1, -0.05) is 0 Å². The molecule has 0 spiro atoms. The highest BCUT2D eigenvalue weighted by Crippen LogP contribution is 2.47. The summed E-state index contributed by atoms with van der Waals surface area (Å²) >= 11 is 0. The fraction of sp³-hybridized carbons (Fsp3) is 0. The Hall–Kier alpha value is -1.21. The van der Waals surface area contributed by atoms with Gasteiger partial charge in [0.05, 0.1) is 5.55 Å². The Kier molecular flexibility index (Phi) is 1.52. The molecular formula is C6H6N2OS. The highest BCUT2D eigenvalue weighted by molar-refractivity contribution is 8.59. The van der Waals surface area contributed by atoms with Crippen LogP contribution in [-0.2, 0) is 0 Å². The minimum Gasteiger partial charge on any atom is -0.360 e. The van der Waals surface area contributed by atoms with Gasteiger partial charge in [0.25, 0.3) is 5.24 Å². The Morgan fingerprint density at radius 2 is 2.50 bits per heavy atom. The SMILES string of the molecule is C#CS1(C(N)=O)C=CN=C1. The molecule has 0 fully saturated rings. The van der Waals surface area contributed by atoms with E-state index in [4.69, 9.17) is 12.2 Å². The molecule has 0 aromatic rings. The molecule has 1 rings (SSSR count). The lowest BCUT2D eigenvalue weighted by Crippen LogP contribution is -2.15. The molecule has 4 heteroatoms. The Bertz CT molecular complexity index is 249. The Labute approximate surface area is 60.3 Å². The minimum absolute atomic E-state index is 0.479. The second kappa shape index (κ2) is 2.20. The summed E-state index contributed by atoms with van der Waals surface area (Å²) in [5.41, 5.74) is 6.50. The van der Waals surface area contributed by atoms with Gasteiger partial charge in [0.2, 0.25) is 0 Å². The van der Waals surface area contributed by atoms with Gasteiger partial charge in [-0.3, -0.25) is 9.79 Å². The second-order valence-electron chi connectivity index (χ2n) is 1.69. The summed E-state index contributed by atoms with van der Waals surface area (Å²) in [6.45, 7) is 0. The fourth-order valence-corrected chi connectivity index (χ4v) is 1.63. The molecule has 0 aromatic carbocycles. The Morgan fingerprint density at radius 1 is 1.80 bits per heavy atom. The first-order chi connectivity index (χ1) is 4.71. The van der Waals surface area contributed by atoms with Crippen LogP contribution in [0, 0.1) is 11.7 Å². The molecule has 1 aliphatic heterocycles. The fourth-order valence-electron chi connectivity index (χ4n) is 0.544. The molecule has 52 valence electrons. The number of rotatable bonds is 0. The number of hydrogen-bond donors (Lipinski definition) is 1.